The van der Waals surface area contributed by atoms with E-state index in [4.69, 9.17) is 5.73 Å². The molecule has 2 aromatic rings. The van der Waals surface area contributed by atoms with Gasteiger partial charge in [-0.05, 0) is 36.8 Å². The first-order valence-electron chi connectivity index (χ1n) is 5.42. The van der Waals surface area contributed by atoms with Crippen LogP contribution in [0.3, 0.4) is 0 Å². The van der Waals surface area contributed by atoms with Crippen LogP contribution in [-0.2, 0) is 0 Å². The number of benzene rings is 1. The van der Waals surface area contributed by atoms with Crippen molar-refractivity contribution in [3.05, 3.63) is 47.3 Å². The number of rotatable bonds is 3. The fraction of sp³-hybridized carbons (Fsp3) is 0.0769. The molecule has 0 atom stereocenters. The Morgan fingerprint density at radius 2 is 2.11 bits per heavy atom. The van der Waals surface area contributed by atoms with Crippen LogP contribution in [-0.4, -0.2) is 17.2 Å². The van der Waals surface area contributed by atoms with Gasteiger partial charge < -0.3 is 16.0 Å². The van der Waals surface area contributed by atoms with Gasteiger partial charge in [0.15, 0.2) is 6.29 Å². The number of nitrogens with one attached hydrogen (secondary N) is 2. The summed E-state index contributed by atoms with van der Waals surface area (Å²) in [5, 5.41) is 2.69. The molecule has 1 aromatic carbocycles. The number of amides is 1. The standard InChI is InChI=1S/C13H13N3O2/c1-8-2-4-10(14)12(6-8)16-13(18)11-5-3-9(7-17)15-11/h2-7,15H,14H2,1H3,(H,16,18). The monoisotopic (exact) mass is 243 g/mol. The van der Waals surface area contributed by atoms with Crippen LogP contribution < -0.4 is 11.1 Å². The smallest absolute Gasteiger partial charge is 0.272 e. The summed E-state index contributed by atoms with van der Waals surface area (Å²) in [7, 11) is 0. The molecule has 0 saturated heterocycles. The van der Waals surface area contributed by atoms with Crippen molar-refractivity contribution in [1.82, 2.24) is 4.98 Å². The molecule has 1 heterocycles. The highest BCUT2D eigenvalue weighted by atomic mass is 16.2. The lowest BCUT2D eigenvalue weighted by atomic mass is 10.2. The molecule has 2 rings (SSSR count). The average molecular weight is 243 g/mol. The van der Waals surface area contributed by atoms with E-state index in [1.54, 1.807) is 24.3 Å². The number of nitrogens with two attached hydrogens (primary N) is 1. The number of aryl methyl sites for hydroxylation is 1. The highest BCUT2D eigenvalue weighted by Crippen LogP contribution is 2.20. The van der Waals surface area contributed by atoms with Gasteiger partial charge in [0.25, 0.3) is 5.91 Å². The van der Waals surface area contributed by atoms with Gasteiger partial charge in [0.2, 0.25) is 0 Å². The maximum atomic E-state index is 11.9. The van der Waals surface area contributed by atoms with Crippen molar-refractivity contribution in [1.29, 1.82) is 0 Å². The van der Waals surface area contributed by atoms with E-state index in [0.29, 0.717) is 29.0 Å². The minimum atomic E-state index is -0.333. The first kappa shape index (κ1) is 11.9. The second-order valence-corrected chi connectivity index (χ2v) is 3.99. The Morgan fingerprint density at radius 1 is 1.33 bits per heavy atom. The molecule has 0 spiro atoms. The van der Waals surface area contributed by atoms with Crippen LogP contribution in [0.25, 0.3) is 0 Å². The van der Waals surface area contributed by atoms with E-state index in [9.17, 15) is 9.59 Å². The molecule has 0 unspecified atom stereocenters. The normalized spacial score (nSPS) is 10.1. The quantitative estimate of drug-likeness (QED) is 0.568. The number of hydrogen-bond acceptors (Lipinski definition) is 3. The topological polar surface area (TPSA) is 88.0 Å². The maximum Gasteiger partial charge on any atom is 0.272 e. The number of aldehydes is 1. The molecule has 1 amide bonds. The highest BCUT2D eigenvalue weighted by Gasteiger charge is 2.10. The van der Waals surface area contributed by atoms with Crippen molar-refractivity contribution < 1.29 is 9.59 Å². The second kappa shape index (κ2) is 4.75. The highest BCUT2D eigenvalue weighted by molar-refractivity contribution is 6.05. The van der Waals surface area contributed by atoms with Crippen molar-refractivity contribution in [3.63, 3.8) is 0 Å². The minimum absolute atomic E-state index is 0.318. The molecule has 92 valence electrons. The lowest BCUT2D eigenvalue weighted by Gasteiger charge is -2.08. The fourth-order valence-corrected chi connectivity index (χ4v) is 1.58. The van der Waals surface area contributed by atoms with Crippen molar-refractivity contribution >= 4 is 23.6 Å². The SMILES string of the molecule is Cc1ccc(N)c(NC(=O)c2ccc(C=O)[nH]2)c1. The summed E-state index contributed by atoms with van der Waals surface area (Å²) in [6.07, 6.45) is 0.651. The number of aromatic amines is 1. The van der Waals surface area contributed by atoms with Crippen LogP contribution in [0.5, 0.6) is 0 Å². The van der Waals surface area contributed by atoms with E-state index in [1.807, 2.05) is 13.0 Å². The van der Waals surface area contributed by atoms with Crippen molar-refractivity contribution in [3.8, 4) is 0 Å². The molecule has 1 aromatic heterocycles. The lowest BCUT2D eigenvalue weighted by molar-refractivity contribution is 0.102. The Bertz CT molecular complexity index is 602. The zero-order chi connectivity index (χ0) is 13.1. The Morgan fingerprint density at radius 3 is 2.78 bits per heavy atom. The van der Waals surface area contributed by atoms with Crippen LogP contribution in [0.15, 0.2) is 30.3 Å². The average Bonchev–Trinajstić information content (AvgIpc) is 2.82. The third-order valence-electron chi connectivity index (χ3n) is 2.54. The van der Waals surface area contributed by atoms with E-state index in [0.717, 1.165) is 5.56 Å². The van der Waals surface area contributed by atoms with E-state index >= 15 is 0 Å². The molecule has 0 bridgehead atoms. The van der Waals surface area contributed by atoms with Gasteiger partial charge in [-0.2, -0.15) is 0 Å². The van der Waals surface area contributed by atoms with Crippen LogP contribution >= 0.6 is 0 Å². The summed E-state index contributed by atoms with van der Waals surface area (Å²) < 4.78 is 0. The fourth-order valence-electron chi connectivity index (χ4n) is 1.58. The molecule has 0 fully saturated rings. The van der Waals surface area contributed by atoms with Crippen molar-refractivity contribution in [2.45, 2.75) is 6.92 Å². The number of nitrogen functional groups attached to an aromatic ring is 1. The number of carbonyl (C=O) groups excluding carboxylic acids is 2. The van der Waals surface area contributed by atoms with Gasteiger partial charge >= 0.3 is 0 Å². The zero-order valence-electron chi connectivity index (χ0n) is 9.86. The predicted octanol–water partition coefficient (Wildman–Crippen LogP) is 1.97. The zero-order valence-corrected chi connectivity index (χ0v) is 9.86. The second-order valence-electron chi connectivity index (χ2n) is 3.99. The van der Waals surface area contributed by atoms with Gasteiger partial charge in [0.05, 0.1) is 17.1 Å². The van der Waals surface area contributed by atoms with Gasteiger partial charge in [-0.15, -0.1) is 0 Å². The Balaban J connectivity index is 2.20. The third-order valence-corrected chi connectivity index (χ3v) is 2.54. The molecule has 18 heavy (non-hydrogen) atoms. The summed E-state index contributed by atoms with van der Waals surface area (Å²) in [4.78, 5) is 25.1. The summed E-state index contributed by atoms with van der Waals surface area (Å²) in [6, 6.07) is 8.48. The predicted molar refractivity (Wildman–Crippen MR) is 69.7 cm³/mol. The molecule has 4 N–H and O–H groups in total. The van der Waals surface area contributed by atoms with Crippen LogP contribution in [0.1, 0.15) is 26.5 Å². The molecule has 0 aliphatic rings. The third kappa shape index (κ3) is 2.40. The number of H-pyrrole nitrogens is 1. The minimum Gasteiger partial charge on any atom is -0.397 e. The van der Waals surface area contributed by atoms with Gasteiger partial charge in [0.1, 0.15) is 5.69 Å². The molecule has 0 saturated carbocycles. The van der Waals surface area contributed by atoms with E-state index in [-0.39, 0.29) is 5.91 Å². The molecule has 0 aliphatic carbocycles. The van der Waals surface area contributed by atoms with Crippen LogP contribution in [0.4, 0.5) is 11.4 Å². The van der Waals surface area contributed by atoms with Crippen LogP contribution in [0.2, 0.25) is 0 Å². The summed E-state index contributed by atoms with van der Waals surface area (Å²) >= 11 is 0. The molecule has 0 radical (unpaired) electrons. The number of aromatic nitrogens is 1. The van der Waals surface area contributed by atoms with Crippen molar-refractivity contribution in [2.75, 3.05) is 11.1 Å². The molecular formula is C13H13N3O2. The molecule has 0 aliphatic heterocycles. The Hall–Kier alpha value is -2.56. The van der Waals surface area contributed by atoms with Crippen LogP contribution in [0, 0.1) is 6.92 Å². The van der Waals surface area contributed by atoms with E-state index in [1.165, 1.54) is 0 Å². The molecule has 5 heteroatoms. The van der Waals surface area contributed by atoms with Gasteiger partial charge in [-0.1, -0.05) is 6.07 Å². The lowest BCUT2D eigenvalue weighted by Crippen LogP contribution is -2.13. The Labute approximate surface area is 104 Å². The largest absolute Gasteiger partial charge is 0.397 e. The first-order chi connectivity index (χ1) is 8.60. The number of hydrogen-bond donors (Lipinski definition) is 3. The summed E-state index contributed by atoms with van der Waals surface area (Å²) in [5.74, 6) is -0.333. The van der Waals surface area contributed by atoms with E-state index in [2.05, 4.69) is 10.3 Å². The Kier molecular flexibility index (Phi) is 3.14. The van der Waals surface area contributed by atoms with Gasteiger partial charge in [-0.25, -0.2) is 0 Å². The molecular weight excluding hydrogens is 230 g/mol. The maximum absolute atomic E-state index is 11.9. The number of carbonyl (C=O) groups is 2. The first-order valence-corrected chi connectivity index (χ1v) is 5.42. The molecule has 5 nitrogen and oxygen atoms in total. The van der Waals surface area contributed by atoms with E-state index < -0.39 is 0 Å². The summed E-state index contributed by atoms with van der Waals surface area (Å²) in [5.41, 5.74) is 8.50. The van der Waals surface area contributed by atoms with Gasteiger partial charge in [0, 0.05) is 0 Å². The van der Waals surface area contributed by atoms with Crippen molar-refractivity contribution in [2.24, 2.45) is 0 Å². The number of anilines is 2. The van der Waals surface area contributed by atoms with Gasteiger partial charge in [-0.3, -0.25) is 9.59 Å². The summed E-state index contributed by atoms with van der Waals surface area (Å²) in [6.45, 7) is 1.91.